The average Bonchev–Trinajstić information content (AvgIpc) is 3.24. The fraction of sp³-hybridized carbons (Fsp3) is 0.765. The molecule has 4 rings (SSSR count). The first-order chi connectivity index (χ1) is 10.3. The van der Waals surface area contributed by atoms with E-state index in [1.54, 1.807) is 0 Å². The summed E-state index contributed by atoms with van der Waals surface area (Å²) in [5, 5.41) is 8.24. The molecule has 2 saturated heterocycles. The van der Waals surface area contributed by atoms with E-state index in [9.17, 15) is 4.79 Å². The Morgan fingerprint density at radius 3 is 2.81 bits per heavy atom. The van der Waals surface area contributed by atoms with Crippen LogP contribution in [-0.2, 0) is 11.2 Å². The third-order valence-electron chi connectivity index (χ3n) is 5.68. The standard InChI is InChI=1S/C17H25N3O/c21-17(15-10-12-6-7-16(15)18-12)11-13-8-9-20(19-13)14-4-2-1-3-5-14/h8-9,12,14-16,18H,1-7,10-11H2. The SMILES string of the molecule is O=C(Cc1ccn(C2CCCCC2)n1)C1CC2CCC1N2. The first-order valence-electron chi connectivity index (χ1n) is 8.62. The van der Waals surface area contributed by atoms with Gasteiger partial charge in [0.15, 0.2) is 0 Å². The topological polar surface area (TPSA) is 46.9 Å². The number of Topliss-reactive ketones (excluding diaryl/α,β-unsaturated/α-hetero) is 1. The molecule has 1 aliphatic carbocycles. The highest BCUT2D eigenvalue weighted by molar-refractivity contribution is 5.84. The zero-order valence-electron chi connectivity index (χ0n) is 12.6. The van der Waals surface area contributed by atoms with Gasteiger partial charge in [-0.25, -0.2) is 0 Å². The molecule has 3 unspecified atom stereocenters. The van der Waals surface area contributed by atoms with E-state index < -0.39 is 0 Å². The van der Waals surface area contributed by atoms with Gasteiger partial charge in [-0.05, 0) is 38.2 Å². The molecule has 21 heavy (non-hydrogen) atoms. The van der Waals surface area contributed by atoms with Crippen LogP contribution >= 0.6 is 0 Å². The molecule has 2 aliphatic heterocycles. The van der Waals surface area contributed by atoms with E-state index in [4.69, 9.17) is 0 Å². The number of carbonyl (C=O) groups excluding carboxylic acids is 1. The van der Waals surface area contributed by atoms with E-state index in [0.717, 1.165) is 12.1 Å². The molecule has 1 saturated carbocycles. The highest BCUT2D eigenvalue weighted by Crippen LogP contribution is 2.34. The highest BCUT2D eigenvalue weighted by Gasteiger charge is 2.42. The number of aromatic nitrogens is 2. The molecule has 4 nitrogen and oxygen atoms in total. The minimum absolute atomic E-state index is 0.239. The van der Waals surface area contributed by atoms with E-state index in [1.807, 2.05) is 6.07 Å². The summed E-state index contributed by atoms with van der Waals surface area (Å²) in [6, 6.07) is 3.66. The molecule has 2 bridgehead atoms. The molecule has 0 radical (unpaired) electrons. The average molecular weight is 287 g/mol. The van der Waals surface area contributed by atoms with Crippen LogP contribution < -0.4 is 5.32 Å². The molecule has 3 heterocycles. The summed E-state index contributed by atoms with van der Waals surface area (Å²) >= 11 is 0. The van der Waals surface area contributed by atoms with Gasteiger partial charge in [0.2, 0.25) is 0 Å². The van der Waals surface area contributed by atoms with Crippen molar-refractivity contribution in [2.45, 2.75) is 75.9 Å². The second kappa shape index (κ2) is 5.56. The van der Waals surface area contributed by atoms with E-state index in [2.05, 4.69) is 21.3 Å². The zero-order valence-corrected chi connectivity index (χ0v) is 12.6. The number of ketones is 1. The summed E-state index contributed by atoms with van der Waals surface area (Å²) in [6.45, 7) is 0. The molecule has 1 aromatic rings. The van der Waals surface area contributed by atoms with Crippen molar-refractivity contribution in [3.05, 3.63) is 18.0 Å². The lowest BCUT2D eigenvalue weighted by Crippen LogP contribution is -2.29. The lowest BCUT2D eigenvalue weighted by Gasteiger charge is -2.22. The molecular weight excluding hydrogens is 262 g/mol. The maximum absolute atomic E-state index is 12.5. The molecule has 4 heteroatoms. The number of carbonyl (C=O) groups is 1. The molecule has 1 N–H and O–H groups in total. The highest BCUT2D eigenvalue weighted by atomic mass is 16.1. The van der Waals surface area contributed by atoms with Crippen molar-refractivity contribution in [1.82, 2.24) is 15.1 Å². The number of nitrogens with zero attached hydrogens (tertiary/aromatic N) is 2. The van der Waals surface area contributed by atoms with Crippen molar-refractivity contribution >= 4 is 5.78 Å². The predicted octanol–water partition coefficient (Wildman–Crippen LogP) is 2.64. The monoisotopic (exact) mass is 287 g/mol. The Kier molecular flexibility index (Phi) is 3.57. The Balaban J connectivity index is 1.38. The zero-order chi connectivity index (χ0) is 14.2. The van der Waals surface area contributed by atoms with E-state index >= 15 is 0 Å². The summed E-state index contributed by atoms with van der Waals surface area (Å²) in [6.07, 6.45) is 12.6. The molecule has 114 valence electrons. The smallest absolute Gasteiger partial charge is 0.143 e. The Bertz CT molecular complexity index is 518. The van der Waals surface area contributed by atoms with Crippen LogP contribution in [0.1, 0.15) is 63.1 Å². The van der Waals surface area contributed by atoms with Crippen molar-refractivity contribution in [2.75, 3.05) is 0 Å². The molecular formula is C17H25N3O. The first-order valence-corrected chi connectivity index (χ1v) is 8.62. The van der Waals surface area contributed by atoms with Gasteiger partial charge in [0, 0.05) is 24.2 Å². The van der Waals surface area contributed by atoms with Crippen LogP contribution in [0.4, 0.5) is 0 Å². The summed E-state index contributed by atoms with van der Waals surface area (Å²) in [5.74, 6) is 0.632. The number of hydrogen-bond acceptors (Lipinski definition) is 3. The largest absolute Gasteiger partial charge is 0.310 e. The van der Waals surface area contributed by atoms with Crippen LogP contribution in [0.15, 0.2) is 12.3 Å². The maximum Gasteiger partial charge on any atom is 0.143 e. The van der Waals surface area contributed by atoms with Gasteiger partial charge in [-0.1, -0.05) is 19.3 Å². The second-order valence-corrected chi connectivity index (χ2v) is 7.11. The number of hydrogen-bond donors (Lipinski definition) is 1. The molecule has 3 fully saturated rings. The van der Waals surface area contributed by atoms with Gasteiger partial charge in [-0.3, -0.25) is 9.48 Å². The number of rotatable bonds is 4. The summed E-state index contributed by atoms with van der Waals surface area (Å²) in [7, 11) is 0. The maximum atomic E-state index is 12.5. The third kappa shape index (κ3) is 2.66. The van der Waals surface area contributed by atoms with Crippen molar-refractivity contribution in [1.29, 1.82) is 0 Å². The Hall–Kier alpha value is -1.16. The van der Waals surface area contributed by atoms with Gasteiger partial charge in [-0.2, -0.15) is 5.10 Å². The lowest BCUT2D eigenvalue weighted by atomic mass is 9.85. The fourth-order valence-corrected chi connectivity index (χ4v) is 4.51. The van der Waals surface area contributed by atoms with Gasteiger partial charge >= 0.3 is 0 Å². The van der Waals surface area contributed by atoms with Crippen molar-refractivity contribution in [3.8, 4) is 0 Å². The molecule has 0 spiro atoms. The van der Waals surface area contributed by atoms with Gasteiger partial charge < -0.3 is 5.32 Å². The number of nitrogens with one attached hydrogen (secondary N) is 1. The number of fused-ring (bicyclic) bond motifs is 2. The van der Waals surface area contributed by atoms with Crippen LogP contribution in [0.5, 0.6) is 0 Å². The van der Waals surface area contributed by atoms with Crippen LogP contribution in [-0.4, -0.2) is 27.6 Å². The van der Waals surface area contributed by atoms with Crippen LogP contribution in [0.2, 0.25) is 0 Å². The summed E-state index contributed by atoms with van der Waals surface area (Å²) < 4.78 is 2.11. The quantitative estimate of drug-likeness (QED) is 0.926. The van der Waals surface area contributed by atoms with E-state index in [1.165, 1.54) is 44.9 Å². The van der Waals surface area contributed by atoms with Crippen LogP contribution in [0, 0.1) is 5.92 Å². The van der Waals surface area contributed by atoms with Crippen LogP contribution in [0.3, 0.4) is 0 Å². The molecule has 1 aromatic heterocycles. The second-order valence-electron chi connectivity index (χ2n) is 7.11. The Morgan fingerprint density at radius 1 is 1.24 bits per heavy atom. The summed E-state index contributed by atoms with van der Waals surface area (Å²) in [5.41, 5.74) is 0.966. The van der Waals surface area contributed by atoms with Crippen molar-refractivity contribution < 1.29 is 4.79 Å². The normalized spacial score (nSPS) is 32.7. The van der Waals surface area contributed by atoms with Crippen LogP contribution in [0.25, 0.3) is 0 Å². The molecule has 3 aliphatic rings. The van der Waals surface area contributed by atoms with E-state index in [-0.39, 0.29) is 5.92 Å². The van der Waals surface area contributed by atoms with Gasteiger partial charge in [0.25, 0.3) is 0 Å². The minimum atomic E-state index is 0.239. The van der Waals surface area contributed by atoms with Crippen molar-refractivity contribution in [2.24, 2.45) is 5.92 Å². The fourth-order valence-electron chi connectivity index (χ4n) is 4.51. The predicted molar refractivity (Wildman–Crippen MR) is 81.1 cm³/mol. The minimum Gasteiger partial charge on any atom is -0.310 e. The lowest BCUT2D eigenvalue weighted by molar-refractivity contribution is -0.122. The first kappa shape index (κ1) is 13.5. The van der Waals surface area contributed by atoms with Crippen molar-refractivity contribution in [3.63, 3.8) is 0 Å². The Morgan fingerprint density at radius 2 is 2.10 bits per heavy atom. The Labute approximate surface area is 126 Å². The van der Waals surface area contributed by atoms with Gasteiger partial charge in [0.05, 0.1) is 18.2 Å². The van der Waals surface area contributed by atoms with Gasteiger partial charge in [-0.15, -0.1) is 0 Å². The third-order valence-corrected chi connectivity index (χ3v) is 5.68. The van der Waals surface area contributed by atoms with E-state index in [0.29, 0.717) is 30.3 Å². The van der Waals surface area contributed by atoms with Gasteiger partial charge in [0.1, 0.15) is 5.78 Å². The molecule has 3 atom stereocenters. The molecule has 0 amide bonds. The summed E-state index contributed by atoms with van der Waals surface area (Å²) in [4.78, 5) is 12.5. The molecule has 0 aromatic carbocycles.